The number of imidazole rings is 1. The summed E-state index contributed by atoms with van der Waals surface area (Å²) in [6.45, 7) is 2.87. The number of nitrogens with one attached hydrogen (secondary N) is 1. The van der Waals surface area contributed by atoms with Crippen LogP contribution in [0.1, 0.15) is 56.3 Å². The zero-order valence-electron chi connectivity index (χ0n) is 15.6. The van der Waals surface area contributed by atoms with Crippen molar-refractivity contribution in [1.29, 1.82) is 0 Å². The molecule has 1 fully saturated rings. The number of hydrogen-bond acceptors (Lipinski definition) is 4. The summed E-state index contributed by atoms with van der Waals surface area (Å²) in [6.07, 6.45) is 9.47. The summed E-state index contributed by atoms with van der Waals surface area (Å²) >= 11 is 0. The van der Waals surface area contributed by atoms with Crippen LogP contribution in [0.4, 0.5) is 0 Å². The molecule has 0 aliphatic heterocycles. The van der Waals surface area contributed by atoms with E-state index in [4.69, 9.17) is 4.98 Å². The van der Waals surface area contributed by atoms with Crippen molar-refractivity contribution in [2.24, 2.45) is 0 Å². The summed E-state index contributed by atoms with van der Waals surface area (Å²) in [5.41, 5.74) is 1.53. The Morgan fingerprint density at radius 2 is 1.85 bits per heavy atom. The summed E-state index contributed by atoms with van der Waals surface area (Å²) in [7, 11) is 0. The van der Waals surface area contributed by atoms with E-state index in [1.165, 1.54) is 17.4 Å². The highest BCUT2D eigenvalue weighted by Gasteiger charge is 2.23. The second kappa shape index (κ2) is 7.50. The van der Waals surface area contributed by atoms with Crippen LogP contribution in [-0.2, 0) is 19.5 Å². The van der Waals surface area contributed by atoms with Crippen LogP contribution in [0.3, 0.4) is 0 Å². The number of aromatic nitrogens is 5. The number of fused-ring (bicyclic) bond motifs is 1. The van der Waals surface area contributed by atoms with Gasteiger partial charge >= 0.3 is 5.69 Å². The highest BCUT2D eigenvalue weighted by atomic mass is 16.2. The molecule has 3 aromatic heterocycles. The van der Waals surface area contributed by atoms with Crippen molar-refractivity contribution in [3.8, 4) is 0 Å². The first-order valence-electron chi connectivity index (χ1n) is 9.81. The van der Waals surface area contributed by atoms with Crippen LogP contribution in [0.5, 0.6) is 0 Å². The Morgan fingerprint density at radius 1 is 1.11 bits per heavy atom. The lowest BCUT2D eigenvalue weighted by molar-refractivity contribution is 0.559. The van der Waals surface area contributed by atoms with E-state index < -0.39 is 0 Å². The van der Waals surface area contributed by atoms with Crippen LogP contribution in [0.25, 0.3) is 11.2 Å². The molecule has 1 aliphatic rings. The van der Waals surface area contributed by atoms with Crippen LogP contribution in [0.2, 0.25) is 0 Å². The van der Waals surface area contributed by atoms with E-state index >= 15 is 0 Å². The van der Waals surface area contributed by atoms with E-state index in [1.54, 1.807) is 17.0 Å². The van der Waals surface area contributed by atoms with E-state index in [0.717, 1.165) is 30.7 Å². The fraction of sp³-hybridized carbons (Fsp3) is 0.500. The zero-order valence-corrected chi connectivity index (χ0v) is 15.6. The molecular formula is C20H25N5O2. The van der Waals surface area contributed by atoms with E-state index in [0.29, 0.717) is 36.6 Å². The molecule has 0 atom stereocenters. The Morgan fingerprint density at radius 3 is 2.56 bits per heavy atom. The smallest absolute Gasteiger partial charge is 0.332 e. The molecule has 1 aliphatic carbocycles. The van der Waals surface area contributed by atoms with Crippen molar-refractivity contribution >= 4 is 11.2 Å². The van der Waals surface area contributed by atoms with Gasteiger partial charge in [0.1, 0.15) is 11.3 Å². The number of rotatable bonds is 6. The Kier molecular flexibility index (Phi) is 4.92. The molecule has 0 bridgehead atoms. The Labute approximate surface area is 157 Å². The third kappa shape index (κ3) is 3.34. The average Bonchev–Trinajstić information content (AvgIpc) is 3.36. The summed E-state index contributed by atoms with van der Waals surface area (Å²) in [4.78, 5) is 37.9. The van der Waals surface area contributed by atoms with Crippen molar-refractivity contribution in [3.05, 3.63) is 56.8 Å². The molecule has 7 heteroatoms. The SMILES string of the molecule is CCCn1c(=O)c2[nH]c(C3CCCC3)nc2n(CCc2ccncc2)c1=O. The van der Waals surface area contributed by atoms with Crippen molar-refractivity contribution < 1.29 is 0 Å². The quantitative estimate of drug-likeness (QED) is 0.726. The Bertz CT molecular complexity index is 1040. The maximum absolute atomic E-state index is 13.0. The van der Waals surface area contributed by atoms with E-state index in [2.05, 4.69) is 9.97 Å². The largest absolute Gasteiger partial charge is 0.336 e. The summed E-state index contributed by atoms with van der Waals surface area (Å²) in [5.74, 6) is 1.21. The molecular weight excluding hydrogens is 342 g/mol. The van der Waals surface area contributed by atoms with E-state index in [-0.39, 0.29) is 11.2 Å². The highest BCUT2D eigenvalue weighted by Crippen LogP contribution is 2.32. The molecule has 1 N–H and O–H groups in total. The van der Waals surface area contributed by atoms with Crippen molar-refractivity contribution in [1.82, 2.24) is 24.1 Å². The molecule has 1 saturated carbocycles. The van der Waals surface area contributed by atoms with Gasteiger partial charge in [-0.15, -0.1) is 0 Å². The van der Waals surface area contributed by atoms with Gasteiger partial charge < -0.3 is 4.98 Å². The average molecular weight is 367 g/mol. The molecule has 0 spiro atoms. The number of pyridine rings is 1. The van der Waals surface area contributed by atoms with Crippen molar-refractivity contribution in [2.45, 2.75) is 64.5 Å². The predicted octanol–water partition coefficient (Wildman–Crippen LogP) is 2.59. The molecule has 0 amide bonds. The maximum Gasteiger partial charge on any atom is 0.332 e. The molecule has 3 heterocycles. The molecule has 27 heavy (non-hydrogen) atoms. The number of aromatic amines is 1. The Hall–Kier alpha value is -2.70. The molecule has 0 aromatic carbocycles. The lowest BCUT2D eigenvalue weighted by Gasteiger charge is -2.10. The predicted molar refractivity (Wildman–Crippen MR) is 104 cm³/mol. The van der Waals surface area contributed by atoms with E-state index in [1.807, 2.05) is 19.1 Å². The van der Waals surface area contributed by atoms with Crippen LogP contribution >= 0.6 is 0 Å². The van der Waals surface area contributed by atoms with Gasteiger partial charge in [0, 0.05) is 31.4 Å². The molecule has 0 unspecified atom stereocenters. The number of hydrogen-bond donors (Lipinski definition) is 1. The van der Waals surface area contributed by atoms with Gasteiger partial charge in [-0.05, 0) is 43.4 Å². The fourth-order valence-electron chi connectivity index (χ4n) is 3.99. The normalized spacial score (nSPS) is 15.0. The monoisotopic (exact) mass is 367 g/mol. The van der Waals surface area contributed by atoms with Crippen molar-refractivity contribution in [2.75, 3.05) is 0 Å². The molecule has 3 aromatic rings. The minimum Gasteiger partial charge on any atom is -0.336 e. The number of aryl methyl sites for hydroxylation is 2. The highest BCUT2D eigenvalue weighted by molar-refractivity contribution is 5.70. The molecule has 7 nitrogen and oxygen atoms in total. The molecule has 142 valence electrons. The summed E-state index contributed by atoms with van der Waals surface area (Å²) in [5, 5.41) is 0. The first kappa shape index (κ1) is 17.7. The third-order valence-electron chi connectivity index (χ3n) is 5.44. The van der Waals surface area contributed by atoms with Crippen LogP contribution in [0, 0.1) is 0 Å². The lowest BCUT2D eigenvalue weighted by atomic mass is 10.1. The second-order valence-corrected chi connectivity index (χ2v) is 7.30. The fourth-order valence-corrected chi connectivity index (χ4v) is 3.99. The van der Waals surface area contributed by atoms with E-state index in [9.17, 15) is 9.59 Å². The first-order valence-corrected chi connectivity index (χ1v) is 9.81. The first-order chi connectivity index (χ1) is 13.2. The van der Waals surface area contributed by atoms with Gasteiger partial charge in [0.2, 0.25) is 0 Å². The summed E-state index contributed by atoms with van der Waals surface area (Å²) in [6, 6.07) is 3.89. The zero-order chi connectivity index (χ0) is 18.8. The van der Waals surface area contributed by atoms with Crippen LogP contribution < -0.4 is 11.2 Å². The minimum absolute atomic E-state index is 0.256. The van der Waals surface area contributed by atoms with Gasteiger partial charge in [-0.25, -0.2) is 9.78 Å². The van der Waals surface area contributed by atoms with Gasteiger partial charge in [0.05, 0.1) is 0 Å². The number of nitrogens with zero attached hydrogens (tertiary/aromatic N) is 4. The molecule has 0 radical (unpaired) electrons. The van der Waals surface area contributed by atoms with Crippen molar-refractivity contribution in [3.63, 3.8) is 0 Å². The number of H-pyrrole nitrogens is 1. The Balaban J connectivity index is 1.81. The van der Waals surface area contributed by atoms with Gasteiger partial charge in [0.15, 0.2) is 5.65 Å². The lowest BCUT2D eigenvalue weighted by Crippen LogP contribution is -2.40. The summed E-state index contributed by atoms with van der Waals surface area (Å²) < 4.78 is 2.99. The molecule has 0 saturated heterocycles. The minimum atomic E-state index is -0.270. The standard InChI is InChI=1S/C20H25N5O2/c1-2-12-25-19(26)16-18(23-17(22-16)15-5-3-4-6-15)24(20(25)27)13-9-14-7-10-21-11-8-14/h7-8,10-11,15H,2-6,9,12-13H2,1H3,(H,22,23). The topological polar surface area (TPSA) is 85.6 Å². The van der Waals surface area contributed by atoms with Gasteiger partial charge in [-0.2, -0.15) is 0 Å². The molecule has 4 rings (SSSR count). The van der Waals surface area contributed by atoms with Crippen LogP contribution in [-0.4, -0.2) is 24.1 Å². The van der Waals surface area contributed by atoms with Gasteiger partial charge in [-0.3, -0.25) is 18.9 Å². The van der Waals surface area contributed by atoms with Crippen LogP contribution in [0.15, 0.2) is 34.1 Å². The van der Waals surface area contributed by atoms with Gasteiger partial charge in [0.25, 0.3) is 5.56 Å². The second-order valence-electron chi connectivity index (χ2n) is 7.30. The third-order valence-corrected chi connectivity index (χ3v) is 5.44. The maximum atomic E-state index is 13.0. The van der Waals surface area contributed by atoms with Gasteiger partial charge in [-0.1, -0.05) is 19.8 Å².